The molecule has 6 heteroatoms. The molecule has 0 aromatic carbocycles. The lowest BCUT2D eigenvalue weighted by Crippen LogP contribution is -2.48. The highest BCUT2D eigenvalue weighted by Gasteiger charge is 2.30. The molecule has 22 heavy (non-hydrogen) atoms. The molecular weight excluding hydrogens is 285 g/mol. The Hall–Kier alpha value is -1.53. The zero-order valence-electron chi connectivity index (χ0n) is 12.9. The van der Waals surface area contributed by atoms with Gasteiger partial charge in [0.2, 0.25) is 0 Å². The van der Waals surface area contributed by atoms with Crippen molar-refractivity contribution < 1.29 is 13.9 Å². The quantitative estimate of drug-likeness (QED) is 0.825. The van der Waals surface area contributed by atoms with Crippen molar-refractivity contribution in [2.45, 2.75) is 18.9 Å². The van der Waals surface area contributed by atoms with E-state index in [-0.39, 0.29) is 12.0 Å². The number of nitrogens with zero attached hydrogens (tertiary/aromatic N) is 3. The number of aromatic nitrogens is 1. The molecule has 1 aliphatic carbocycles. The van der Waals surface area contributed by atoms with E-state index in [0.29, 0.717) is 24.8 Å². The van der Waals surface area contributed by atoms with Gasteiger partial charge >= 0.3 is 0 Å². The molecule has 0 unspecified atom stereocenters. The Morgan fingerprint density at radius 2 is 2.27 bits per heavy atom. The molecule has 0 radical (unpaired) electrons. The number of carbonyl (C=O) groups is 1. The van der Waals surface area contributed by atoms with Gasteiger partial charge in [-0.25, -0.2) is 9.37 Å². The summed E-state index contributed by atoms with van der Waals surface area (Å²) < 4.78 is 18.7. The van der Waals surface area contributed by atoms with Crippen LogP contribution in [0, 0.1) is 11.7 Å². The van der Waals surface area contributed by atoms with Gasteiger partial charge in [0, 0.05) is 26.2 Å². The summed E-state index contributed by atoms with van der Waals surface area (Å²) in [6.07, 6.45) is 3.47. The fourth-order valence-electron chi connectivity index (χ4n) is 2.74. The number of likely N-dealkylation sites (N-methyl/N-ethyl adjacent to an activating group) is 1. The molecule has 3 rings (SSSR count). The lowest BCUT2D eigenvalue weighted by molar-refractivity contribution is -0.0332. The second-order valence-corrected chi connectivity index (χ2v) is 6.27. The zero-order chi connectivity index (χ0) is 15.5. The largest absolute Gasteiger partial charge is 0.374 e. The van der Waals surface area contributed by atoms with Crippen LogP contribution in [0.5, 0.6) is 0 Å². The van der Waals surface area contributed by atoms with E-state index in [1.807, 2.05) is 4.90 Å². The second-order valence-electron chi connectivity index (χ2n) is 6.27. The van der Waals surface area contributed by atoms with Crippen molar-refractivity contribution in [1.82, 2.24) is 14.8 Å². The molecule has 2 heterocycles. The first-order valence-corrected chi connectivity index (χ1v) is 7.83. The second kappa shape index (κ2) is 6.71. The Morgan fingerprint density at radius 3 is 2.91 bits per heavy atom. The summed E-state index contributed by atoms with van der Waals surface area (Å²) in [6, 6.07) is 2.73. The fourth-order valence-corrected chi connectivity index (χ4v) is 2.74. The topological polar surface area (TPSA) is 45.7 Å². The van der Waals surface area contributed by atoms with Crippen LogP contribution in [0.15, 0.2) is 18.3 Å². The Bertz CT molecular complexity index is 519. The number of rotatable bonds is 5. The van der Waals surface area contributed by atoms with Crippen LogP contribution in [0.2, 0.25) is 0 Å². The molecule has 120 valence electrons. The molecule has 0 N–H and O–H groups in total. The number of hydrogen-bond donors (Lipinski definition) is 0. The summed E-state index contributed by atoms with van der Waals surface area (Å²) >= 11 is 0. The Labute approximate surface area is 130 Å². The van der Waals surface area contributed by atoms with E-state index >= 15 is 0 Å². The molecule has 5 nitrogen and oxygen atoms in total. The lowest BCUT2D eigenvalue weighted by Gasteiger charge is -2.34. The number of carbonyl (C=O) groups excluding carboxylic acids is 1. The number of ether oxygens (including phenoxy) is 1. The van der Waals surface area contributed by atoms with Gasteiger partial charge in [-0.15, -0.1) is 0 Å². The Morgan fingerprint density at radius 1 is 1.45 bits per heavy atom. The maximum Gasteiger partial charge on any atom is 0.272 e. The first-order chi connectivity index (χ1) is 10.6. The molecule has 1 saturated carbocycles. The van der Waals surface area contributed by atoms with Gasteiger partial charge in [-0.2, -0.15) is 0 Å². The van der Waals surface area contributed by atoms with Crippen molar-refractivity contribution in [3.63, 3.8) is 0 Å². The minimum Gasteiger partial charge on any atom is -0.374 e. The van der Waals surface area contributed by atoms with Crippen molar-refractivity contribution in [2.24, 2.45) is 5.92 Å². The molecule has 1 aromatic rings. The lowest BCUT2D eigenvalue weighted by atomic mass is 10.2. The van der Waals surface area contributed by atoms with E-state index in [4.69, 9.17) is 4.74 Å². The number of amides is 1. The van der Waals surface area contributed by atoms with Gasteiger partial charge < -0.3 is 14.5 Å². The summed E-state index contributed by atoms with van der Waals surface area (Å²) in [7, 11) is 2.06. The predicted octanol–water partition coefficient (Wildman–Crippen LogP) is 1.40. The van der Waals surface area contributed by atoms with Crippen LogP contribution in [-0.2, 0) is 4.74 Å². The smallest absolute Gasteiger partial charge is 0.272 e. The summed E-state index contributed by atoms with van der Waals surface area (Å²) in [5, 5.41) is 0. The Balaban J connectivity index is 1.68. The van der Waals surface area contributed by atoms with Gasteiger partial charge in [0.25, 0.3) is 5.91 Å². The van der Waals surface area contributed by atoms with E-state index in [1.165, 1.54) is 25.0 Å². The average molecular weight is 307 g/mol. The van der Waals surface area contributed by atoms with E-state index in [1.54, 1.807) is 0 Å². The molecule has 2 fully saturated rings. The van der Waals surface area contributed by atoms with Crippen molar-refractivity contribution in [3.8, 4) is 0 Å². The fraction of sp³-hybridized carbons (Fsp3) is 0.625. The van der Waals surface area contributed by atoms with Crippen molar-refractivity contribution in [2.75, 3.05) is 39.8 Å². The van der Waals surface area contributed by atoms with E-state index in [9.17, 15) is 9.18 Å². The van der Waals surface area contributed by atoms with Crippen LogP contribution in [0.1, 0.15) is 23.3 Å². The minimum atomic E-state index is -0.428. The van der Waals surface area contributed by atoms with Crippen LogP contribution in [-0.4, -0.2) is 66.6 Å². The standard InChI is InChI=1S/C16H22FN3O2/c1-19-6-7-22-14(10-19)11-20(9-12-2-3-12)16(21)15-5-4-13(17)8-18-15/h4-5,8,12,14H,2-3,6-7,9-11H2,1H3/t14-/m0/s1. The molecule has 1 aromatic heterocycles. The number of morpholine rings is 1. The van der Waals surface area contributed by atoms with Crippen LogP contribution >= 0.6 is 0 Å². The van der Waals surface area contributed by atoms with Crippen LogP contribution in [0.4, 0.5) is 4.39 Å². The number of halogens is 1. The van der Waals surface area contributed by atoms with Crippen LogP contribution < -0.4 is 0 Å². The van der Waals surface area contributed by atoms with Gasteiger partial charge in [-0.1, -0.05) is 0 Å². The van der Waals surface area contributed by atoms with Gasteiger partial charge in [0.1, 0.15) is 11.5 Å². The molecule has 1 amide bonds. The summed E-state index contributed by atoms with van der Waals surface area (Å²) in [6.45, 7) is 3.75. The molecule has 1 saturated heterocycles. The van der Waals surface area contributed by atoms with Crippen LogP contribution in [0.25, 0.3) is 0 Å². The number of pyridine rings is 1. The third-order valence-corrected chi connectivity index (χ3v) is 4.18. The summed E-state index contributed by atoms with van der Waals surface area (Å²) in [4.78, 5) is 20.6. The highest BCUT2D eigenvalue weighted by atomic mass is 19.1. The molecule has 0 bridgehead atoms. The minimum absolute atomic E-state index is 0.0295. The molecule has 2 aliphatic rings. The van der Waals surface area contributed by atoms with E-state index < -0.39 is 5.82 Å². The van der Waals surface area contributed by atoms with Gasteiger partial charge in [-0.3, -0.25) is 4.79 Å². The average Bonchev–Trinajstić information content (AvgIpc) is 3.31. The highest BCUT2D eigenvalue weighted by Crippen LogP contribution is 2.30. The molecule has 0 spiro atoms. The van der Waals surface area contributed by atoms with Crippen molar-refractivity contribution in [1.29, 1.82) is 0 Å². The SMILES string of the molecule is CN1CCO[C@H](CN(CC2CC2)C(=O)c2ccc(F)cn2)C1. The van der Waals surface area contributed by atoms with E-state index in [2.05, 4.69) is 16.9 Å². The first kappa shape index (κ1) is 15.4. The monoisotopic (exact) mass is 307 g/mol. The van der Waals surface area contributed by atoms with E-state index in [0.717, 1.165) is 25.8 Å². The summed E-state index contributed by atoms with van der Waals surface area (Å²) in [5.41, 5.74) is 0.297. The molecule has 1 atom stereocenters. The first-order valence-electron chi connectivity index (χ1n) is 7.83. The molecular formula is C16H22FN3O2. The van der Waals surface area contributed by atoms with Crippen molar-refractivity contribution in [3.05, 3.63) is 29.8 Å². The third kappa shape index (κ3) is 4.01. The molecule has 1 aliphatic heterocycles. The van der Waals surface area contributed by atoms with Gasteiger partial charge in [-0.05, 0) is 37.9 Å². The van der Waals surface area contributed by atoms with Crippen LogP contribution in [0.3, 0.4) is 0 Å². The zero-order valence-corrected chi connectivity index (χ0v) is 12.9. The normalized spacial score (nSPS) is 22.5. The predicted molar refractivity (Wildman–Crippen MR) is 80.1 cm³/mol. The van der Waals surface area contributed by atoms with Gasteiger partial charge in [0.05, 0.1) is 18.9 Å². The maximum atomic E-state index is 13.0. The maximum absolute atomic E-state index is 13.0. The number of hydrogen-bond acceptors (Lipinski definition) is 4. The highest BCUT2D eigenvalue weighted by molar-refractivity contribution is 5.92. The third-order valence-electron chi connectivity index (χ3n) is 4.18. The van der Waals surface area contributed by atoms with Crippen molar-refractivity contribution >= 4 is 5.91 Å². The summed E-state index contributed by atoms with van der Waals surface area (Å²) in [5.74, 6) is 0.0250. The Kier molecular flexibility index (Phi) is 4.69. The van der Waals surface area contributed by atoms with Gasteiger partial charge in [0.15, 0.2) is 0 Å².